The van der Waals surface area contributed by atoms with Crippen LogP contribution in [0.3, 0.4) is 0 Å². The molecule has 0 aliphatic carbocycles. The SMILES string of the molecule is CC(C)CC1CN(c2ccc(C(F)(F)F)c(-c3[nH]nc4ncccc34)n2)CCC1CC#N.[HH]. The second-order valence-corrected chi connectivity index (χ2v) is 8.78. The summed E-state index contributed by atoms with van der Waals surface area (Å²) < 4.78 is 41.5. The molecule has 1 N–H and O–H groups in total. The van der Waals surface area contributed by atoms with Crippen molar-refractivity contribution >= 4 is 16.9 Å². The van der Waals surface area contributed by atoms with Crippen LogP contribution in [0.4, 0.5) is 19.0 Å². The fourth-order valence-electron chi connectivity index (χ4n) is 4.62. The number of aromatic nitrogens is 4. The van der Waals surface area contributed by atoms with Crippen LogP contribution < -0.4 is 4.90 Å². The van der Waals surface area contributed by atoms with Crippen molar-refractivity contribution in [1.29, 1.82) is 5.26 Å². The van der Waals surface area contributed by atoms with Crippen molar-refractivity contribution in [3.8, 4) is 17.5 Å². The van der Waals surface area contributed by atoms with Crippen molar-refractivity contribution in [1.82, 2.24) is 20.2 Å². The van der Waals surface area contributed by atoms with Crippen molar-refractivity contribution < 1.29 is 14.6 Å². The lowest BCUT2D eigenvalue weighted by Crippen LogP contribution is -2.41. The zero-order chi connectivity index (χ0) is 22.9. The number of nitriles is 1. The summed E-state index contributed by atoms with van der Waals surface area (Å²) in [6, 6.07) is 8.17. The number of nitrogens with one attached hydrogen (secondary N) is 1. The van der Waals surface area contributed by atoms with Crippen LogP contribution in [-0.4, -0.2) is 33.3 Å². The number of hydrogen-bond acceptors (Lipinski definition) is 5. The number of hydrogen-bond donors (Lipinski definition) is 1. The maximum absolute atomic E-state index is 13.8. The van der Waals surface area contributed by atoms with Gasteiger partial charge in [0, 0.05) is 32.5 Å². The number of fused-ring (bicyclic) bond motifs is 1. The Morgan fingerprint density at radius 3 is 2.81 bits per heavy atom. The Morgan fingerprint density at radius 1 is 1.28 bits per heavy atom. The first kappa shape index (κ1) is 22.1. The number of anilines is 1. The molecule has 0 radical (unpaired) electrons. The van der Waals surface area contributed by atoms with Crippen LogP contribution in [0.1, 0.15) is 40.1 Å². The van der Waals surface area contributed by atoms with Crippen LogP contribution in [0.15, 0.2) is 30.5 Å². The summed E-state index contributed by atoms with van der Waals surface area (Å²) in [6.45, 7) is 5.63. The van der Waals surface area contributed by atoms with Gasteiger partial charge in [0.15, 0.2) is 5.65 Å². The van der Waals surface area contributed by atoms with E-state index in [4.69, 9.17) is 0 Å². The summed E-state index contributed by atoms with van der Waals surface area (Å²) in [5.74, 6) is 1.58. The maximum atomic E-state index is 13.8. The molecule has 1 aliphatic rings. The van der Waals surface area contributed by atoms with Crippen LogP contribution in [0.5, 0.6) is 0 Å². The van der Waals surface area contributed by atoms with Gasteiger partial charge in [-0.25, -0.2) is 9.97 Å². The highest BCUT2D eigenvalue weighted by molar-refractivity contribution is 5.90. The van der Waals surface area contributed by atoms with E-state index in [2.05, 4.69) is 40.1 Å². The van der Waals surface area contributed by atoms with Gasteiger partial charge in [-0.1, -0.05) is 13.8 Å². The van der Waals surface area contributed by atoms with Crippen LogP contribution in [-0.2, 0) is 6.18 Å². The minimum Gasteiger partial charge on any atom is -0.356 e. The van der Waals surface area contributed by atoms with Gasteiger partial charge < -0.3 is 4.90 Å². The quantitative estimate of drug-likeness (QED) is 0.547. The first-order valence-corrected chi connectivity index (χ1v) is 10.8. The minimum atomic E-state index is -4.56. The van der Waals surface area contributed by atoms with Crippen molar-refractivity contribution in [2.75, 3.05) is 18.0 Å². The molecule has 1 saturated heterocycles. The molecular weight excluding hydrogens is 417 g/mol. The van der Waals surface area contributed by atoms with Gasteiger partial charge in [-0.05, 0) is 54.9 Å². The van der Waals surface area contributed by atoms with E-state index in [9.17, 15) is 18.4 Å². The van der Waals surface area contributed by atoms with Gasteiger partial charge in [-0.2, -0.15) is 23.5 Å². The molecule has 1 aliphatic heterocycles. The van der Waals surface area contributed by atoms with Gasteiger partial charge >= 0.3 is 6.18 Å². The molecule has 4 rings (SSSR count). The predicted octanol–water partition coefficient (Wildman–Crippen LogP) is 5.69. The fourth-order valence-corrected chi connectivity index (χ4v) is 4.62. The number of nitrogens with zero attached hydrogens (tertiary/aromatic N) is 5. The minimum absolute atomic E-state index is 0. The molecule has 9 heteroatoms. The third-order valence-corrected chi connectivity index (χ3v) is 6.10. The molecule has 1 fully saturated rings. The standard InChI is InChI=1S/C23H25F3N6.H2/c1-14(2)12-16-13-32(11-8-15(16)7-9-27)19-6-5-18(23(24,25)26)21(29-19)20-17-4-3-10-28-22(17)31-30-20;/h3-6,10,14-16H,7-8,11-13H2,1-2H3,(H,28,30,31);1H. The molecule has 6 nitrogen and oxygen atoms in total. The number of pyridine rings is 2. The van der Waals surface area contributed by atoms with Crippen molar-refractivity contribution in [3.05, 3.63) is 36.0 Å². The molecule has 3 aromatic heterocycles. The summed E-state index contributed by atoms with van der Waals surface area (Å²) in [5, 5.41) is 16.4. The summed E-state index contributed by atoms with van der Waals surface area (Å²) in [7, 11) is 0. The van der Waals surface area contributed by atoms with Gasteiger partial charge in [0.25, 0.3) is 0 Å². The number of alkyl halides is 3. The Hall–Kier alpha value is -3.15. The Morgan fingerprint density at radius 2 is 2.09 bits per heavy atom. The third kappa shape index (κ3) is 4.40. The highest BCUT2D eigenvalue weighted by Gasteiger charge is 2.37. The Bertz CT molecular complexity index is 1140. The maximum Gasteiger partial charge on any atom is 0.418 e. The van der Waals surface area contributed by atoms with Crippen molar-refractivity contribution in [3.63, 3.8) is 0 Å². The van der Waals surface area contributed by atoms with Gasteiger partial charge in [-0.15, -0.1) is 0 Å². The molecule has 0 aromatic carbocycles. The van der Waals surface area contributed by atoms with Gasteiger partial charge in [0.2, 0.25) is 0 Å². The summed E-state index contributed by atoms with van der Waals surface area (Å²) in [6.07, 6.45) is -0.723. The number of H-pyrrole nitrogens is 1. The van der Waals surface area contributed by atoms with E-state index >= 15 is 0 Å². The van der Waals surface area contributed by atoms with E-state index < -0.39 is 11.7 Å². The highest BCUT2D eigenvalue weighted by atomic mass is 19.4. The van der Waals surface area contributed by atoms with Crippen molar-refractivity contribution in [2.24, 2.45) is 17.8 Å². The zero-order valence-corrected chi connectivity index (χ0v) is 18.0. The average molecular weight is 445 g/mol. The normalized spacial score (nSPS) is 19.5. The van der Waals surface area contributed by atoms with Crippen molar-refractivity contribution in [2.45, 2.75) is 39.3 Å². The van der Waals surface area contributed by atoms with E-state index in [0.717, 1.165) is 18.9 Å². The van der Waals surface area contributed by atoms with Gasteiger partial charge in [-0.3, -0.25) is 5.10 Å². The Labute approximate surface area is 186 Å². The average Bonchev–Trinajstić information content (AvgIpc) is 3.18. The van der Waals surface area contributed by atoms with Crippen LogP contribution in [0.25, 0.3) is 22.4 Å². The fraction of sp³-hybridized carbons (Fsp3) is 0.478. The molecule has 4 heterocycles. The summed E-state index contributed by atoms with van der Waals surface area (Å²) >= 11 is 0. The van der Waals surface area contributed by atoms with Gasteiger partial charge in [0.05, 0.1) is 17.3 Å². The monoisotopic (exact) mass is 444 g/mol. The molecule has 170 valence electrons. The molecule has 0 saturated carbocycles. The molecule has 2 atom stereocenters. The number of halogens is 3. The molecule has 2 unspecified atom stereocenters. The lowest BCUT2D eigenvalue weighted by molar-refractivity contribution is -0.137. The third-order valence-electron chi connectivity index (χ3n) is 6.10. The number of piperidine rings is 1. The second kappa shape index (κ2) is 8.77. The lowest BCUT2D eigenvalue weighted by atomic mass is 9.79. The molecule has 0 spiro atoms. The van der Waals surface area contributed by atoms with Crippen LogP contribution in [0, 0.1) is 29.1 Å². The Balaban J connectivity index is 0.00000306. The van der Waals surface area contributed by atoms with E-state index in [1.165, 1.54) is 6.07 Å². The topological polar surface area (TPSA) is 81.5 Å². The number of aromatic amines is 1. The second-order valence-electron chi connectivity index (χ2n) is 8.78. The molecule has 0 bridgehead atoms. The Kier molecular flexibility index (Phi) is 6.04. The largest absolute Gasteiger partial charge is 0.418 e. The molecule has 0 amide bonds. The molecular formula is C23H27F3N6. The lowest BCUT2D eigenvalue weighted by Gasteiger charge is -2.39. The predicted molar refractivity (Wildman–Crippen MR) is 118 cm³/mol. The van der Waals surface area contributed by atoms with Gasteiger partial charge in [0.1, 0.15) is 11.5 Å². The van der Waals surface area contributed by atoms with E-state index in [1.54, 1.807) is 18.3 Å². The van der Waals surface area contributed by atoms with E-state index in [0.29, 0.717) is 54.1 Å². The molecule has 32 heavy (non-hydrogen) atoms. The summed E-state index contributed by atoms with van der Waals surface area (Å²) in [4.78, 5) is 10.6. The smallest absolute Gasteiger partial charge is 0.356 e. The zero-order valence-electron chi connectivity index (χ0n) is 18.0. The first-order chi connectivity index (χ1) is 15.3. The van der Waals surface area contributed by atoms with Crippen LogP contribution in [0.2, 0.25) is 0 Å². The highest BCUT2D eigenvalue weighted by Crippen LogP contribution is 2.39. The van der Waals surface area contributed by atoms with E-state index in [-0.39, 0.29) is 12.8 Å². The number of rotatable bonds is 5. The molecule has 3 aromatic rings. The first-order valence-electron chi connectivity index (χ1n) is 10.8. The van der Waals surface area contributed by atoms with E-state index in [1.807, 2.05) is 4.90 Å². The summed E-state index contributed by atoms with van der Waals surface area (Å²) in [5.41, 5.74) is -0.434. The van der Waals surface area contributed by atoms with Crippen LogP contribution >= 0.6 is 0 Å².